The zero-order valence-electron chi connectivity index (χ0n) is 13.3. The van der Waals surface area contributed by atoms with Crippen molar-refractivity contribution in [3.8, 4) is 0 Å². The van der Waals surface area contributed by atoms with Gasteiger partial charge in [-0.25, -0.2) is 15.8 Å². The third kappa shape index (κ3) is 4.52. The molecule has 2 heterocycles. The van der Waals surface area contributed by atoms with Crippen LogP contribution in [0.3, 0.4) is 0 Å². The molecule has 118 valence electrons. The summed E-state index contributed by atoms with van der Waals surface area (Å²) in [4.78, 5) is 16.0. The average Bonchev–Trinajstić information content (AvgIpc) is 2.52. The minimum atomic E-state index is 0.687. The number of nitrogen functional groups attached to an aromatic ring is 1. The van der Waals surface area contributed by atoms with Crippen molar-refractivity contribution in [2.45, 2.75) is 13.3 Å². The van der Waals surface area contributed by atoms with Crippen LogP contribution in [-0.2, 0) is 6.42 Å². The quantitative estimate of drug-likeness (QED) is 0.565. The highest BCUT2D eigenvalue weighted by atomic mass is 15.3. The maximum Gasteiger partial charge on any atom is 0.145 e. The lowest BCUT2D eigenvalue weighted by atomic mass is 10.3. The molecule has 1 aromatic heterocycles. The van der Waals surface area contributed by atoms with E-state index in [1.54, 1.807) is 0 Å². The molecular formula is C14H27N7. The number of nitrogens with two attached hydrogens (primary N) is 1. The van der Waals surface area contributed by atoms with Gasteiger partial charge in [0.05, 0.1) is 0 Å². The Hall–Kier alpha value is -1.44. The molecule has 7 heteroatoms. The first kappa shape index (κ1) is 15.9. The third-order valence-electron chi connectivity index (χ3n) is 3.78. The zero-order chi connectivity index (χ0) is 15.2. The molecule has 0 unspecified atom stereocenters. The molecule has 0 spiro atoms. The van der Waals surface area contributed by atoms with E-state index in [0.717, 1.165) is 57.3 Å². The van der Waals surface area contributed by atoms with Gasteiger partial charge in [-0.05, 0) is 14.1 Å². The predicted octanol–water partition coefficient (Wildman–Crippen LogP) is 0.00820. The summed E-state index contributed by atoms with van der Waals surface area (Å²) in [5.41, 5.74) is 2.63. The summed E-state index contributed by atoms with van der Waals surface area (Å²) in [6.45, 7) is 8.43. The topological polar surface area (TPSA) is 73.6 Å². The molecule has 0 aromatic carbocycles. The van der Waals surface area contributed by atoms with E-state index in [9.17, 15) is 0 Å². The number of hydrogen-bond donors (Lipinski definition) is 2. The van der Waals surface area contributed by atoms with Crippen molar-refractivity contribution < 1.29 is 0 Å². The van der Waals surface area contributed by atoms with Gasteiger partial charge in [-0.1, -0.05) is 6.92 Å². The number of nitrogens with zero attached hydrogens (tertiary/aromatic N) is 5. The molecule has 0 saturated carbocycles. The zero-order valence-corrected chi connectivity index (χ0v) is 13.3. The molecule has 1 aliphatic heterocycles. The van der Waals surface area contributed by atoms with Crippen molar-refractivity contribution in [3.63, 3.8) is 0 Å². The number of hydrazine groups is 1. The van der Waals surface area contributed by atoms with Gasteiger partial charge in [-0.15, -0.1) is 0 Å². The van der Waals surface area contributed by atoms with Gasteiger partial charge in [0.1, 0.15) is 17.5 Å². The maximum absolute atomic E-state index is 5.49. The molecule has 0 atom stereocenters. The second kappa shape index (κ2) is 7.53. The van der Waals surface area contributed by atoms with Gasteiger partial charge in [0.2, 0.25) is 0 Å². The Morgan fingerprint density at radius 3 is 2.52 bits per heavy atom. The Labute approximate surface area is 127 Å². The first-order valence-corrected chi connectivity index (χ1v) is 7.59. The summed E-state index contributed by atoms with van der Waals surface area (Å²) in [6, 6.07) is 1.93. The lowest BCUT2D eigenvalue weighted by Crippen LogP contribution is -2.48. The molecule has 1 saturated heterocycles. The number of rotatable bonds is 6. The molecule has 1 fully saturated rings. The van der Waals surface area contributed by atoms with E-state index >= 15 is 0 Å². The molecule has 21 heavy (non-hydrogen) atoms. The monoisotopic (exact) mass is 293 g/mol. The molecule has 1 aliphatic rings. The standard InChI is InChI=1S/C14H27N7/c1-4-12-16-13(18-15)11-14(17-12)21-9-7-20(8-10-21)6-5-19(2)3/h11H,4-10,15H2,1-3H3,(H,16,17,18). The van der Waals surface area contributed by atoms with E-state index in [2.05, 4.69) is 51.1 Å². The van der Waals surface area contributed by atoms with Gasteiger partial charge in [0, 0.05) is 51.8 Å². The number of anilines is 2. The molecule has 0 amide bonds. The first-order chi connectivity index (χ1) is 10.1. The van der Waals surface area contributed by atoms with Gasteiger partial charge in [-0.3, -0.25) is 4.90 Å². The van der Waals surface area contributed by atoms with Crippen LogP contribution in [0.15, 0.2) is 6.07 Å². The van der Waals surface area contributed by atoms with E-state index in [1.807, 2.05) is 6.07 Å². The number of likely N-dealkylation sites (N-methyl/N-ethyl adjacent to an activating group) is 1. The van der Waals surface area contributed by atoms with Crippen molar-refractivity contribution in [1.82, 2.24) is 19.8 Å². The summed E-state index contributed by atoms with van der Waals surface area (Å²) in [7, 11) is 4.23. The van der Waals surface area contributed by atoms with E-state index < -0.39 is 0 Å². The molecule has 0 radical (unpaired) electrons. The highest BCUT2D eigenvalue weighted by molar-refractivity contribution is 5.49. The predicted molar refractivity (Wildman–Crippen MR) is 86.4 cm³/mol. The minimum absolute atomic E-state index is 0.687. The molecule has 3 N–H and O–H groups in total. The Morgan fingerprint density at radius 2 is 1.95 bits per heavy atom. The van der Waals surface area contributed by atoms with Crippen molar-refractivity contribution in [1.29, 1.82) is 0 Å². The highest BCUT2D eigenvalue weighted by Crippen LogP contribution is 2.17. The van der Waals surface area contributed by atoms with Crippen LogP contribution in [0.1, 0.15) is 12.7 Å². The van der Waals surface area contributed by atoms with Crippen molar-refractivity contribution in [2.24, 2.45) is 5.84 Å². The summed E-state index contributed by atoms with van der Waals surface area (Å²) >= 11 is 0. The fourth-order valence-electron chi connectivity index (χ4n) is 2.42. The molecule has 7 nitrogen and oxygen atoms in total. The van der Waals surface area contributed by atoms with E-state index in [0.29, 0.717) is 5.82 Å². The minimum Gasteiger partial charge on any atom is -0.354 e. The second-order valence-electron chi connectivity index (χ2n) is 5.66. The molecular weight excluding hydrogens is 266 g/mol. The van der Waals surface area contributed by atoms with Crippen molar-refractivity contribution in [2.75, 3.05) is 63.7 Å². The molecule has 0 bridgehead atoms. The van der Waals surface area contributed by atoms with Crippen molar-refractivity contribution in [3.05, 3.63) is 11.9 Å². The van der Waals surface area contributed by atoms with Crippen LogP contribution >= 0.6 is 0 Å². The van der Waals surface area contributed by atoms with Gasteiger partial charge in [-0.2, -0.15) is 0 Å². The van der Waals surface area contributed by atoms with E-state index in [1.165, 1.54) is 0 Å². The summed E-state index contributed by atoms with van der Waals surface area (Å²) in [5, 5.41) is 0. The van der Waals surface area contributed by atoms with E-state index in [-0.39, 0.29) is 0 Å². The SMILES string of the molecule is CCc1nc(NN)cc(N2CCN(CCN(C)C)CC2)n1. The Kier molecular flexibility index (Phi) is 5.72. The molecule has 2 rings (SSSR count). The molecule has 0 aliphatic carbocycles. The van der Waals surface area contributed by atoms with Crippen LogP contribution in [0.4, 0.5) is 11.6 Å². The Morgan fingerprint density at radius 1 is 1.24 bits per heavy atom. The van der Waals surface area contributed by atoms with Crippen LogP contribution in [0, 0.1) is 0 Å². The van der Waals surface area contributed by atoms with Gasteiger partial charge in [0.25, 0.3) is 0 Å². The van der Waals surface area contributed by atoms with E-state index in [4.69, 9.17) is 5.84 Å². The highest BCUT2D eigenvalue weighted by Gasteiger charge is 2.19. The maximum atomic E-state index is 5.49. The van der Waals surface area contributed by atoms with Crippen LogP contribution in [0.2, 0.25) is 0 Å². The van der Waals surface area contributed by atoms with Gasteiger partial charge < -0.3 is 15.2 Å². The Balaban J connectivity index is 1.95. The van der Waals surface area contributed by atoms with Crippen molar-refractivity contribution >= 4 is 11.6 Å². The number of piperazine rings is 1. The van der Waals surface area contributed by atoms with Crippen LogP contribution in [0.25, 0.3) is 0 Å². The molecule has 1 aromatic rings. The normalized spacial score (nSPS) is 16.5. The smallest absolute Gasteiger partial charge is 0.145 e. The van der Waals surface area contributed by atoms with Crippen LogP contribution < -0.4 is 16.2 Å². The number of aryl methyl sites for hydroxylation is 1. The lowest BCUT2D eigenvalue weighted by molar-refractivity contribution is 0.229. The van der Waals surface area contributed by atoms with Crippen LogP contribution in [0.5, 0.6) is 0 Å². The van der Waals surface area contributed by atoms with Gasteiger partial charge >= 0.3 is 0 Å². The largest absolute Gasteiger partial charge is 0.354 e. The fraction of sp³-hybridized carbons (Fsp3) is 0.714. The second-order valence-corrected chi connectivity index (χ2v) is 5.66. The third-order valence-corrected chi connectivity index (χ3v) is 3.78. The van der Waals surface area contributed by atoms with Gasteiger partial charge in [0.15, 0.2) is 0 Å². The number of hydrogen-bond acceptors (Lipinski definition) is 7. The lowest BCUT2D eigenvalue weighted by Gasteiger charge is -2.36. The average molecular weight is 293 g/mol. The first-order valence-electron chi connectivity index (χ1n) is 7.59. The number of nitrogens with one attached hydrogen (secondary N) is 1. The van der Waals surface area contributed by atoms with Crippen LogP contribution in [-0.4, -0.2) is 73.1 Å². The number of aromatic nitrogens is 2. The Bertz CT molecular complexity index is 419. The summed E-state index contributed by atoms with van der Waals surface area (Å²) in [5.74, 6) is 7.98. The summed E-state index contributed by atoms with van der Waals surface area (Å²) < 4.78 is 0. The summed E-state index contributed by atoms with van der Waals surface area (Å²) in [6.07, 6.45) is 0.811. The fourth-order valence-corrected chi connectivity index (χ4v) is 2.42.